The van der Waals surface area contributed by atoms with Crippen LogP contribution in [-0.4, -0.2) is 58.0 Å². The summed E-state index contributed by atoms with van der Waals surface area (Å²) in [7, 11) is -1.52. The van der Waals surface area contributed by atoms with Crippen molar-refractivity contribution in [1.82, 2.24) is 10.2 Å². The van der Waals surface area contributed by atoms with Crippen molar-refractivity contribution < 1.29 is 27.5 Å². The van der Waals surface area contributed by atoms with Crippen LogP contribution in [0.2, 0.25) is 15.1 Å². The smallest absolute Gasteiger partial charge is 0.264 e. The van der Waals surface area contributed by atoms with E-state index in [0.29, 0.717) is 26.4 Å². The maximum atomic E-state index is 14.3. The summed E-state index contributed by atoms with van der Waals surface area (Å²) in [4.78, 5) is 29.2. The predicted octanol–water partition coefficient (Wildman–Crippen LogP) is 6.73. The van der Waals surface area contributed by atoms with E-state index in [1.165, 1.54) is 61.6 Å². The van der Waals surface area contributed by atoms with E-state index in [1.54, 1.807) is 25.1 Å². The number of methoxy groups -OCH3 is 2. The number of carbonyl (C=O) groups is 2. The standard InChI is InChI=1S/C32H36Cl3N3O6S/c1-4-28(32(40)36-22-8-5-6-9-22)37(19-25-26(34)10-7-11-27(25)35)31(39)20-38(23-14-12-21(33)13-15-23)45(41,42)24-16-17-29(43-2)30(18-24)44-3/h7,10-18,22,28H,4-6,8-9,19-20H2,1-3H3,(H,36,40)/t28-/m0/s1. The van der Waals surface area contributed by atoms with Gasteiger partial charge in [0.05, 0.1) is 24.8 Å². The number of anilines is 1. The van der Waals surface area contributed by atoms with Gasteiger partial charge < -0.3 is 19.7 Å². The normalized spacial score (nSPS) is 14.1. The number of carbonyl (C=O) groups excluding carboxylic acids is 2. The number of nitrogens with zero attached hydrogens (tertiary/aromatic N) is 2. The highest BCUT2D eigenvalue weighted by atomic mass is 35.5. The number of rotatable bonds is 13. The molecule has 1 atom stereocenters. The molecule has 1 aliphatic carbocycles. The van der Waals surface area contributed by atoms with Crippen LogP contribution in [0.25, 0.3) is 0 Å². The number of amides is 2. The van der Waals surface area contributed by atoms with Crippen molar-refractivity contribution in [3.8, 4) is 11.5 Å². The molecule has 0 saturated heterocycles. The molecule has 0 spiro atoms. The second-order valence-corrected chi connectivity index (χ2v) is 13.8. The van der Waals surface area contributed by atoms with E-state index < -0.39 is 28.5 Å². The van der Waals surface area contributed by atoms with Crippen LogP contribution in [-0.2, 0) is 26.2 Å². The first-order valence-electron chi connectivity index (χ1n) is 14.5. The molecule has 1 N–H and O–H groups in total. The van der Waals surface area contributed by atoms with Gasteiger partial charge in [-0.25, -0.2) is 8.42 Å². The van der Waals surface area contributed by atoms with Crippen molar-refractivity contribution in [2.75, 3.05) is 25.1 Å². The maximum Gasteiger partial charge on any atom is 0.264 e. The fourth-order valence-corrected chi connectivity index (χ4v) is 7.45. The molecule has 0 bridgehead atoms. The van der Waals surface area contributed by atoms with Gasteiger partial charge in [-0.3, -0.25) is 13.9 Å². The molecular weight excluding hydrogens is 661 g/mol. The Labute approximate surface area is 279 Å². The van der Waals surface area contributed by atoms with Crippen LogP contribution in [0.4, 0.5) is 5.69 Å². The van der Waals surface area contributed by atoms with Gasteiger partial charge in [0.25, 0.3) is 10.0 Å². The molecule has 0 aromatic heterocycles. The lowest BCUT2D eigenvalue weighted by Crippen LogP contribution is -2.53. The predicted molar refractivity (Wildman–Crippen MR) is 177 cm³/mol. The molecule has 0 unspecified atom stereocenters. The summed E-state index contributed by atoms with van der Waals surface area (Å²) in [5.41, 5.74) is 0.642. The zero-order valence-corrected chi connectivity index (χ0v) is 28.3. The first-order valence-corrected chi connectivity index (χ1v) is 17.1. The van der Waals surface area contributed by atoms with E-state index in [1.807, 2.05) is 0 Å². The van der Waals surface area contributed by atoms with E-state index in [4.69, 9.17) is 44.3 Å². The Balaban J connectivity index is 1.77. The number of hydrogen-bond donors (Lipinski definition) is 1. The molecule has 242 valence electrons. The summed E-state index contributed by atoms with van der Waals surface area (Å²) in [5.74, 6) is -0.405. The average molecular weight is 697 g/mol. The molecule has 1 aliphatic rings. The van der Waals surface area contributed by atoms with E-state index in [-0.39, 0.29) is 41.2 Å². The fraction of sp³-hybridized carbons (Fsp3) is 0.375. The van der Waals surface area contributed by atoms with Crippen molar-refractivity contribution in [2.24, 2.45) is 0 Å². The van der Waals surface area contributed by atoms with Gasteiger partial charge in [-0.2, -0.15) is 0 Å². The second kappa shape index (κ2) is 15.4. The van der Waals surface area contributed by atoms with Gasteiger partial charge in [-0.05, 0) is 67.8 Å². The molecule has 3 aromatic rings. The Kier molecular flexibility index (Phi) is 11.9. The first kappa shape index (κ1) is 34.7. The van der Waals surface area contributed by atoms with Crippen LogP contribution in [0.5, 0.6) is 11.5 Å². The minimum atomic E-state index is -4.36. The van der Waals surface area contributed by atoms with E-state index >= 15 is 0 Å². The zero-order chi connectivity index (χ0) is 32.7. The van der Waals surface area contributed by atoms with E-state index in [9.17, 15) is 18.0 Å². The van der Waals surface area contributed by atoms with Gasteiger partial charge in [-0.1, -0.05) is 60.6 Å². The Morgan fingerprint density at radius 3 is 2.13 bits per heavy atom. The second-order valence-electron chi connectivity index (χ2n) is 10.6. The van der Waals surface area contributed by atoms with Gasteiger partial charge in [0, 0.05) is 39.3 Å². The molecule has 0 heterocycles. The Hall–Kier alpha value is -3.18. The molecule has 13 heteroatoms. The summed E-state index contributed by atoms with van der Waals surface area (Å²) in [5, 5.41) is 4.10. The lowest BCUT2D eigenvalue weighted by Gasteiger charge is -2.34. The topological polar surface area (TPSA) is 105 Å². The molecule has 1 saturated carbocycles. The van der Waals surface area contributed by atoms with Gasteiger partial charge in [0.1, 0.15) is 12.6 Å². The quantitative estimate of drug-likeness (QED) is 0.213. The first-order chi connectivity index (χ1) is 21.5. The highest BCUT2D eigenvalue weighted by molar-refractivity contribution is 7.92. The molecule has 2 amide bonds. The highest BCUT2D eigenvalue weighted by Crippen LogP contribution is 2.33. The summed E-state index contributed by atoms with van der Waals surface area (Å²) in [6.45, 7) is 1.05. The van der Waals surface area contributed by atoms with Gasteiger partial charge in [-0.15, -0.1) is 0 Å². The molecule has 3 aromatic carbocycles. The van der Waals surface area contributed by atoms with Crippen LogP contribution in [0.15, 0.2) is 65.6 Å². The monoisotopic (exact) mass is 695 g/mol. The average Bonchev–Trinajstić information content (AvgIpc) is 3.54. The summed E-state index contributed by atoms with van der Waals surface area (Å²) in [6.07, 6.45) is 4.03. The van der Waals surface area contributed by atoms with Crippen LogP contribution in [0.3, 0.4) is 0 Å². The van der Waals surface area contributed by atoms with E-state index in [2.05, 4.69) is 5.32 Å². The van der Waals surface area contributed by atoms with Crippen molar-refractivity contribution in [3.05, 3.63) is 81.3 Å². The number of benzene rings is 3. The molecule has 1 fully saturated rings. The molecule has 45 heavy (non-hydrogen) atoms. The largest absolute Gasteiger partial charge is 0.493 e. The third-order valence-electron chi connectivity index (χ3n) is 7.81. The third-order valence-corrected chi connectivity index (χ3v) is 10.5. The number of ether oxygens (including phenoxy) is 2. The minimum Gasteiger partial charge on any atom is -0.493 e. The summed E-state index contributed by atoms with van der Waals surface area (Å²) < 4.78 is 40.0. The van der Waals surface area contributed by atoms with Crippen molar-refractivity contribution in [2.45, 2.75) is 62.6 Å². The van der Waals surface area contributed by atoms with Crippen molar-refractivity contribution in [3.63, 3.8) is 0 Å². The van der Waals surface area contributed by atoms with Crippen LogP contribution in [0.1, 0.15) is 44.6 Å². The lowest BCUT2D eigenvalue weighted by molar-refractivity contribution is -0.140. The van der Waals surface area contributed by atoms with Crippen molar-refractivity contribution >= 4 is 62.3 Å². The molecule has 4 rings (SSSR count). The molecule has 9 nitrogen and oxygen atoms in total. The Bertz CT molecular complexity index is 1590. The molecule has 0 aliphatic heterocycles. The van der Waals surface area contributed by atoms with E-state index in [0.717, 1.165) is 30.0 Å². The maximum absolute atomic E-state index is 14.3. The van der Waals surface area contributed by atoms with Crippen LogP contribution < -0.4 is 19.1 Å². The SMILES string of the molecule is CC[C@@H](C(=O)NC1CCCC1)N(Cc1c(Cl)cccc1Cl)C(=O)CN(c1ccc(Cl)cc1)S(=O)(=O)c1ccc(OC)c(OC)c1. The third kappa shape index (κ3) is 8.16. The number of halogens is 3. The number of sulfonamides is 1. The molecule has 0 radical (unpaired) electrons. The fourth-order valence-electron chi connectivity index (χ4n) is 5.38. The van der Waals surface area contributed by atoms with Crippen molar-refractivity contribution in [1.29, 1.82) is 0 Å². The Morgan fingerprint density at radius 2 is 1.56 bits per heavy atom. The van der Waals surface area contributed by atoms with Gasteiger partial charge in [0.2, 0.25) is 11.8 Å². The van der Waals surface area contributed by atoms with Gasteiger partial charge >= 0.3 is 0 Å². The summed E-state index contributed by atoms with van der Waals surface area (Å²) >= 11 is 19.1. The van der Waals surface area contributed by atoms with Crippen LogP contribution >= 0.6 is 34.8 Å². The summed E-state index contributed by atoms with van der Waals surface area (Å²) in [6, 6.07) is 14.3. The van der Waals surface area contributed by atoms with Crippen LogP contribution in [0, 0.1) is 0 Å². The number of nitrogens with one attached hydrogen (secondary N) is 1. The molecular formula is C32H36Cl3N3O6S. The van der Waals surface area contributed by atoms with Gasteiger partial charge in [0.15, 0.2) is 11.5 Å². The zero-order valence-electron chi connectivity index (χ0n) is 25.3. The minimum absolute atomic E-state index is 0.0170. The lowest BCUT2D eigenvalue weighted by atomic mass is 10.1. The Morgan fingerprint density at radius 1 is 0.933 bits per heavy atom. The highest BCUT2D eigenvalue weighted by Gasteiger charge is 2.35. The number of hydrogen-bond acceptors (Lipinski definition) is 6.